The summed E-state index contributed by atoms with van der Waals surface area (Å²) >= 11 is 0. The van der Waals surface area contributed by atoms with Crippen LogP contribution in [-0.4, -0.2) is 19.1 Å². The number of benzene rings is 1. The molecule has 25 heavy (non-hydrogen) atoms. The number of hydrogen-bond acceptors (Lipinski definition) is 5. The van der Waals surface area contributed by atoms with Gasteiger partial charge in [-0.15, -0.1) is 0 Å². The lowest BCUT2D eigenvalue weighted by Crippen LogP contribution is -2.29. The summed E-state index contributed by atoms with van der Waals surface area (Å²) in [7, 11) is -3.90. The minimum Gasteiger partial charge on any atom is -0.258 e. The Kier molecular flexibility index (Phi) is 5.08. The van der Waals surface area contributed by atoms with Crippen LogP contribution in [0.5, 0.6) is 0 Å². The van der Waals surface area contributed by atoms with Crippen LogP contribution in [0.4, 0.5) is 5.69 Å². The van der Waals surface area contributed by atoms with Gasteiger partial charge in [-0.1, -0.05) is 25.3 Å². The zero-order chi connectivity index (χ0) is 18.0. The van der Waals surface area contributed by atoms with Gasteiger partial charge in [-0.3, -0.25) is 10.1 Å². The summed E-state index contributed by atoms with van der Waals surface area (Å²) in [5.74, 6) is 1.37. The molecule has 8 heteroatoms. The molecule has 0 heterocycles. The molecule has 0 bridgehead atoms. The molecule has 2 saturated carbocycles. The van der Waals surface area contributed by atoms with Gasteiger partial charge < -0.3 is 0 Å². The lowest BCUT2D eigenvalue weighted by Gasteiger charge is -2.35. The van der Waals surface area contributed by atoms with Crippen LogP contribution in [0.2, 0.25) is 0 Å². The van der Waals surface area contributed by atoms with Crippen LogP contribution in [0.3, 0.4) is 0 Å². The number of sulfonamides is 1. The number of nitrogens with zero attached hydrogens (tertiary/aromatic N) is 2. The van der Waals surface area contributed by atoms with Crippen LogP contribution in [0, 0.1) is 28.9 Å². The van der Waals surface area contributed by atoms with Crippen LogP contribution in [0.1, 0.15) is 50.5 Å². The van der Waals surface area contributed by atoms with Crippen molar-refractivity contribution in [2.45, 2.75) is 56.8 Å². The second-order valence-corrected chi connectivity index (χ2v) is 8.69. The van der Waals surface area contributed by atoms with Gasteiger partial charge in [0, 0.05) is 17.3 Å². The summed E-state index contributed by atoms with van der Waals surface area (Å²) in [6.07, 6.45) is 7.75. The highest BCUT2D eigenvalue weighted by Gasteiger charge is 2.30. The minimum absolute atomic E-state index is 0.138. The van der Waals surface area contributed by atoms with Crippen LogP contribution in [0.15, 0.2) is 28.2 Å². The number of fused-ring (bicyclic) bond motifs is 1. The molecule has 0 spiro atoms. The molecule has 0 aromatic heterocycles. The number of aryl methyl sites for hydroxylation is 1. The maximum absolute atomic E-state index is 12.4. The number of nitro benzene ring substituents is 1. The molecular formula is C17H23N3O4S. The Morgan fingerprint density at radius 2 is 1.92 bits per heavy atom. The molecule has 2 aliphatic carbocycles. The van der Waals surface area contributed by atoms with Crippen molar-refractivity contribution in [2.75, 3.05) is 0 Å². The van der Waals surface area contributed by atoms with E-state index in [0.29, 0.717) is 11.5 Å². The molecule has 3 rings (SSSR count). The van der Waals surface area contributed by atoms with Gasteiger partial charge in [0.25, 0.3) is 15.7 Å². The minimum atomic E-state index is -3.90. The summed E-state index contributed by atoms with van der Waals surface area (Å²) in [6.45, 7) is 1.57. The molecule has 0 amide bonds. The smallest absolute Gasteiger partial charge is 0.258 e. The van der Waals surface area contributed by atoms with Crippen molar-refractivity contribution < 1.29 is 13.3 Å². The third-order valence-corrected chi connectivity index (χ3v) is 6.59. The lowest BCUT2D eigenvalue weighted by molar-refractivity contribution is -0.385. The van der Waals surface area contributed by atoms with Crippen molar-refractivity contribution in [3.8, 4) is 0 Å². The average molecular weight is 365 g/mol. The van der Waals surface area contributed by atoms with Gasteiger partial charge in [0.15, 0.2) is 0 Å². The third kappa shape index (κ3) is 4.00. The number of hydrazone groups is 1. The second kappa shape index (κ2) is 7.11. The van der Waals surface area contributed by atoms with E-state index in [4.69, 9.17) is 0 Å². The van der Waals surface area contributed by atoms with E-state index >= 15 is 0 Å². The van der Waals surface area contributed by atoms with E-state index < -0.39 is 14.9 Å². The SMILES string of the molecule is Cc1ccc(S(=O)(=O)N/N=C2\CC[C@@H]3CCCC[C@@H]3C2)cc1[N+](=O)[O-]. The van der Waals surface area contributed by atoms with Crippen LogP contribution in [-0.2, 0) is 10.0 Å². The van der Waals surface area contributed by atoms with Crippen molar-refractivity contribution in [3.05, 3.63) is 33.9 Å². The van der Waals surface area contributed by atoms with Crippen LogP contribution in [0.25, 0.3) is 0 Å². The van der Waals surface area contributed by atoms with Crippen LogP contribution < -0.4 is 4.83 Å². The van der Waals surface area contributed by atoms with Gasteiger partial charge in [0.2, 0.25) is 0 Å². The first-order valence-corrected chi connectivity index (χ1v) is 10.2. The third-order valence-electron chi connectivity index (χ3n) is 5.38. The van der Waals surface area contributed by atoms with Crippen molar-refractivity contribution in [1.82, 2.24) is 4.83 Å². The highest BCUT2D eigenvalue weighted by Crippen LogP contribution is 2.39. The Morgan fingerprint density at radius 1 is 1.20 bits per heavy atom. The van der Waals surface area contributed by atoms with Gasteiger partial charge in [-0.05, 0) is 50.5 Å². The molecule has 0 aliphatic heterocycles. The van der Waals surface area contributed by atoms with Gasteiger partial charge in [0.1, 0.15) is 0 Å². The maximum atomic E-state index is 12.4. The lowest BCUT2D eigenvalue weighted by atomic mass is 9.70. The quantitative estimate of drug-likeness (QED) is 0.651. The van der Waals surface area contributed by atoms with E-state index in [1.54, 1.807) is 6.92 Å². The van der Waals surface area contributed by atoms with Crippen molar-refractivity contribution >= 4 is 21.4 Å². The van der Waals surface area contributed by atoms with Gasteiger partial charge in [-0.25, -0.2) is 4.83 Å². The molecule has 2 atom stereocenters. The van der Waals surface area contributed by atoms with Crippen molar-refractivity contribution in [1.29, 1.82) is 0 Å². The number of hydrogen-bond donors (Lipinski definition) is 1. The molecule has 7 nitrogen and oxygen atoms in total. The summed E-state index contributed by atoms with van der Waals surface area (Å²) in [5.41, 5.74) is 1.09. The van der Waals surface area contributed by atoms with Gasteiger partial charge >= 0.3 is 0 Å². The number of nitro groups is 1. The first kappa shape index (κ1) is 17.8. The first-order valence-electron chi connectivity index (χ1n) is 8.69. The molecule has 1 aromatic carbocycles. The van der Waals surface area contributed by atoms with Crippen molar-refractivity contribution in [3.63, 3.8) is 0 Å². The summed E-state index contributed by atoms with van der Waals surface area (Å²) < 4.78 is 24.8. The van der Waals surface area contributed by atoms with E-state index in [1.165, 1.54) is 37.8 Å². The molecule has 1 aromatic rings. The molecule has 0 saturated heterocycles. The Bertz CT molecular complexity index is 804. The molecule has 1 N–H and O–H groups in total. The predicted octanol–water partition coefficient (Wildman–Crippen LogP) is 3.53. The normalized spacial score (nSPS) is 25.4. The largest absolute Gasteiger partial charge is 0.276 e. The predicted molar refractivity (Wildman–Crippen MR) is 94.9 cm³/mol. The summed E-state index contributed by atoms with van der Waals surface area (Å²) in [4.78, 5) is 12.5. The maximum Gasteiger partial charge on any atom is 0.276 e. The highest BCUT2D eigenvalue weighted by atomic mass is 32.2. The highest BCUT2D eigenvalue weighted by molar-refractivity contribution is 7.89. The first-order chi connectivity index (χ1) is 11.9. The Balaban J connectivity index is 1.73. The number of rotatable bonds is 4. The monoisotopic (exact) mass is 365 g/mol. The van der Waals surface area contributed by atoms with Crippen LogP contribution >= 0.6 is 0 Å². The molecule has 0 radical (unpaired) electrons. The zero-order valence-corrected chi connectivity index (χ0v) is 15.1. The van der Waals surface area contributed by atoms with Crippen molar-refractivity contribution in [2.24, 2.45) is 16.9 Å². The van der Waals surface area contributed by atoms with E-state index in [1.807, 2.05) is 0 Å². The second-order valence-electron chi connectivity index (χ2n) is 7.03. The van der Waals surface area contributed by atoms with E-state index in [2.05, 4.69) is 9.93 Å². The Labute approximate surface area is 147 Å². The fourth-order valence-corrected chi connectivity index (χ4v) is 4.79. The van der Waals surface area contributed by atoms with E-state index in [0.717, 1.165) is 37.0 Å². The average Bonchev–Trinajstić information content (AvgIpc) is 2.60. The zero-order valence-electron chi connectivity index (χ0n) is 14.3. The van der Waals surface area contributed by atoms with E-state index in [-0.39, 0.29) is 10.6 Å². The Hall–Kier alpha value is -1.96. The molecule has 2 fully saturated rings. The number of nitrogens with one attached hydrogen (secondary N) is 1. The topological polar surface area (TPSA) is 102 Å². The fourth-order valence-electron chi connectivity index (χ4n) is 3.92. The van der Waals surface area contributed by atoms with E-state index in [9.17, 15) is 18.5 Å². The summed E-state index contributed by atoms with van der Waals surface area (Å²) in [5, 5.41) is 15.1. The molecule has 136 valence electrons. The van der Waals surface area contributed by atoms with Gasteiger partial charge in [0.05, 0.1) is 9.82 Å². The Morgan fingerprint density at radius 3 is 2.64 bits per heavy atom. The molecule has 2 aliphatic rings. The standard InChI is InChI=1S/C17H23N3O4S/c1-12-6-9-16(11-17(12)20(21)22)25(23,24)19-18-15-8-7-13-4-2-3-5-14(13)10-15/h6,9,11,13-14,19H,2-5,7-8,10H2,1H3/b18-15+/t13-,14+/m0/s1. The molecule has 0 unspecified atom stereocenters. The fraction of sp³-hybridized carbons (Fsp3) is 0.588. The summed E-state index contributed by atoms with van der Waals surface area (Å²) in [6, 6.07) is 3.88. The van der Waals surface area contributed by atoms with Gasteiger partial charge in [-0.2, -0.15) is 13.5 Å². The molecular weight excluding hydrogens is 342 g/mol.